The van der Waals surface area contributed by atoms with Crippen molar-refractivity contribution >= 4 is 0 Å². The average molecular weight is 211 g/mol. The number of aryl methyl sites for hydroxylation is 1. The largest absolute Gasteiger partial charge is 0.457 e. The second-order valence-electron chi connectivity index (χ2n) is 3.66. The Balaban J connectivity index is 2.05. The quantitative estimate of drug-likeness (QED) is 0.734. The minimum absolute atomic E-state index is 0.868. The maximum Gasteiger partial charge on any atom is 0.127 e. The van der Waals surface area contributed by atoms with Gasteiger partial charge < -0.3 is 4.74 Å². The van der Waals surface area contributed by atoms with Crippen LogP contribution in [-0.2, 0) is 6.42 Å². The summed E-state index contributed by atoms with van der Waals surface area (Å²) >= 11 is 0. The number of hydrogen-bond acceptors (Lipinski definition) is 1. The molecule has 0 unspecified atom stereocenters. The highest BCUT2D eigenvalue weighted by Crippen LogP contribution is 2.21. The molecule has 0 bridgehead atoms. The van der Waals surface area contributed by atoms with E-state index >= 15 is 0 Å². The van der Waals surface area contributed by atoms with Crippen LogP contribution in [0, 0.1) is 6.92 Å². The van der Waals surface area contributed by atoms with Crippen LogP contribution >= 0.6 is 0 Å². The number of hydrogen-bond donors (Lipinski definition) is 0. The molecule has 0 saturated heterocycles. The molecule has 0 atom stereocenters. The first kappa shape index (κ1) is 10.7. The molecule has 2 rings (SSSR count). The maximum absolute atomic E-state index is 5.70. The Kier molecular flexibility index (Phi) is 3.60. The molecular weight excluding hydrogens is 196 g/mol. The normalized spacial score (nSPS) is 10.1. The topological polar surface area (TPSA) is 9.23 Å². The molecule has 0 aliphatic carbocycles. The van der Waals surface area contributed by atoms with Gasteiger partial charge in [0.25, 0.3) is 0 Å². The summed E-state index contributed by atoms with van der Waals surface area (Å²) in [5.41, 5.74) is 1.30. The van der Waals surface area contributed by atoms with Crippen LogP contribution in [0.1, 0.15) is 12.0 Å². The van der Waals surface area contributed by atoms with Crippen molar-refractivity contribution in [1.29, 1.82) is 0 Å². The van der Waals surface area contributed by atoms with Gasteiger partial charge >= 0.3 is 0 Å². The lowest BCUT2D eigenvalue weighted by molar-refractivity contribution is 0.482. The molecule has 0 N–H and O–H groups in total. The fraction of sp³-hybridized carbons (Fsp3) is 0.133. The molecule has 0 heterocycles. The average Bonchev–Trinajstić information content (AvgIpc) is 2.33. The lowest BCUT2D eigenvalue weighted by atomic mass is 10.1. The maximum atomic E-state index is 5.70. The first-order valence-electron chi connectivity index (χ1n) is 5.49. The summed E-state index contributed by atoms with van der Waals surface area (Å²) in [6, 6.07) is 18.0. The molecule has 1 nitrogen and oxygen atoms in total. The Morgan fingerprint density at radius 3 is 2.06 bits per heavy atom. The summed E-state index contributed by atoms with van der Waals surface area (Å²) in [6.07, 6.45) is 1.95. The standard InChI is InChI=1S/C15H15O/c1-2-6-13-9-11-15(12-10-13)16-14-7-4-3-5-8-14/h3-5,7-12H,1-2,6H2. The van der Waals surface area contributed by atoms with E-state index in [-0.39, 0.29) is 0 Å². The van der Waals surface area contributed by atoms with Gasteiger partial charge in [-0.25, -0.2) is 0 Å². The molecule has 0 aliphatic heterocycles. The lowest BCUT2D eigenvalue weighted by Gasteiger charge is -2.06. The summed E-state index contributed by atoms with van der Waals surface area (Å²) in [7, 11) is 0. The van der Waals surface area contributed by atoms with E-state index in [9.17, 15) is 0 Å². The van der Waals surface area contributed by atoms with Gasteiger partial charge in [0.05, 0.1) is 0 Å². The van der Waals surface area contributed by atoms with Crippen LogP contribution in [0.4, 0.5) is 0 Å². The van der Waals surface area contributed by atoms with Crippen molar-refractivity contribution in [3.8, 4) is 11.5 Å². The highest BCUT2D eigenvalue weighted by molar-refractivity contribution is 5.32. The zero-order valence-corrected chi connectivity index (χ0v) is 9.23. The summed E-state index contributed by atoms with van der Waals surface area (Å²) in [4.78, 5) is 0. The third-order valence-electron chi connectivity index (χ3n) is 2.37. The van der Waals surface area contributed by atoms with Gasteiger partial charge in [0, 0.05) is 0 Å². The summed E-state index contributed by atoms with van der Waals surface area (Å²) in [6.45, 7) is 3.84. The lowest BCUT2D eigenvalue weighted by Crippen LogP contribution is -1.86. The van der Waals surface area contributed by atoms with Gasteiger partial charge in [0.15, 0.2) is 0 Å². The van der Waals surface area contributed by atoms with Crippen LogP contribution in [0.2, 0.25) is 0 Å². The van der Waals surface area contributed by atoms with E-state index in [1.165, 1.54) is 5.56 Å². The van der Waals surface area contributed by atoms with Crippen LogP contribution in [-0.4, -0.2) is 0 Å². The van der Waals surface area contributed by atoms with E-state index in [4.69, 9.17) is 4.74 Å². The van der Waals surface area contributed by atoms with E-state index in [2.05, 4.69) is 19.1 Å². The highest BCUT2D eigenvalue weighted by atomic mass is 16.5. The Labute approximate surface area is 96.7 Å². The second-order valence-corrected chi connectivity index (χ2v) is 3.66. The van der Waals surface area contributed by atoms with Crippen LogP contribution in [0.15, 0.2) is 54.6 Å². The van der Waals surface area contributed by atoms with Crippen molar-refractivity contribution in [3.05, 3.63) is 67.1 Å². The first-order valence-corrected chi connectivity index (χ1v) is 5.49. The number of benzene rings is 2. The zero-order valence-electron chi connectivity index (χ0n) is 9.23. The summed E-state index contributed by atoms with van der Waals surface area (Å²) in [5, 5.41) is 0. The summed E-state index contributed by atoms with van der Waals surface area (Å²) < 4.78 is 5.70. The fourth-order valence-corrected chi connectivity index (χ4v) is 1.55. The third kappa shape index (κ3) is 2.86. The molecule has 81 valence electrons. The SMILES string of the molecule is [CH2]CCc1ccc(Oc2ccccc2)cc1. The van der Waals surface area contributed by atoms with Crippen molar-refractivity contribution in [1.82, 2.24) is 0 Å². The van der Waals surface area contributed by atoms with E-state index in [1.807, 2.05) is 42.5 Å². The van der Waals surface area contributed by atoms with Crippen LogP contribution < -0.4 is 4.74 Å². The minimum Gasteiger partial charge on any atom is -0.457 e. The van der Waals surface area contributed by atoms with Crippen LogP contribution in [0.25, 0.3) is 0 Å². The van der Waals surface area contributed by atoms with Crippen molar-refractivity contribution in [2.45, 2.75) is 12.8 Å². The van der Waals surface area contributed by atoms with Gasteiger partial charge in [-0.1, -0.05) is 37.3 Å². The molecule has 0 saturated carbocycles. The van der Waals surface area contributed by atoms with Crippen molar-refractivity contribution < 1.29 is 4.74 Å². The molecule has 0 spiro atoms. The zero-order chi connectivity index (χ0) is 11.2. The number of ether oxygens (including phenoxy) is 1. The second kappa shape index (κ2) is 5.36. The van der Waals surface area contributed by atoms with Gasteiger partial charge in [-0.15, -0.1) is 0 Å². The monoisotopic (exact) mass is 211 g/mol. The molecule has 0 aromatic heterocycles. The van der Waals surface area contributed by atoms with E-state index < -0.39 is 0 Å². The molecule has 1 radical (unpaired) electrons. The van der Waals surface area contributed by atoms with Gasteiger partial charge in [-0.3, -0.25) is 0 Å². The third-order valence-corrected chi connectivity index (χ3v) is 2.37. The summed E-state index contributed by atoms with van der Waals surface area (Å²) in [5.74, 6) is 1.74. The first-order chi connectivity index (χ1) is 7.88. The molecule has 0 aliphatic rings. The molecule has 0 fully saturated rings. The Hall–Kier alpha value is -1.76. The van der Waals surface area contributed by atoms with Crippen molar-refractivity contribution in [2.75, 3.05) is 0 Å². The van der Waals surface area contributed by atoms with Gasteiger partial charge in [-0.05, 0) is 42.7 Å². The molecular formula is C15H15O. The molecule has 2 aromatic carbocycles. The molecule has 16 heavy (non-hydrogen) atoms. The Bertz CT molecular complexity index is 417. The van der Waals surface area contributed by atoms with Crippen molar-refractivity contribution in [3.63, 3.8) is 0 Å². The predicted molar refractivity (Wildman–Crippen MR) is 66.6 cm³/mol. The van der Waals surface area contributed by atoms with Crippen molar-refractivity contribution in [2.24, 2.45) is 0 Å². The Morgan fingerprint density at radius 1 is 0.812 bits per heavy atom. The van der Waals surface area contributed by atoms with Gasteiger partial charge in [-0.2, -0.15) is 0 Å². The van der Waals surface area contributed by atoms with Crippen LogP contribution in [0.5, 0.6) is 11.5 Å². The highest BCUT2D eigenvalue weighted by Gasteiger charge is 1.96. The fourth-order valence-electron chi connectivity index (χ4n) is 1.55. The predicted octanol–water partition coefficient (Wildman–Crippen LogP) is 4.25. The van der Waals surface area contributed by atoms with Crippen LogP contribution in [0.3, 0.4) is 0 Å². The smallest absolute Gasteiger partial charge is 0.127 e. The van der Waals surface area contributed by atoms with Gasteiger partial charge in [0.1, 0.15) is 11.5 Å². The van der Waals surface area contributed by atoms with E-state index in [0.29, 0.717) is 0 Å². The molecule has 1 heteroatoms. The minimum atomic E-state index is 0.868. The van der Waals surface area contributed by atoms with E-state index in [1.54, 1.807) is 0 Å². The Morgan fingerprint density at radius 2 is 1.44 bits per heavy atom. The molecule has 2 aromatic rings. The van der Waals surface area contributed by atoms with E-state index in [0.717, 1.165) is 24.3 Å². The number of rotatable bonds is 4. The number of para-hydroxylation sites is 1. The van der Waals surface area contributed by atoms with Gasteiger partial charge in [0.2, 0.25) is 0 Å². The molecule has 0 amide bonds.